The third-order valence-electron chi connectivity index (χ3n) is 4.25. The number of ether oxygens (including phenoxy) is 1. The molecule has 0 aromatic carbocycles. The lowest BCUT2D eigenvalue weighted by Gasteiger charge is -2.32. The smallest absolute Gasteiger partial charge is 0.421 e. The second-order valence-corrected chi connectivity index (χ2v) is 6.17. The van der Waals surface area contributed by atoms with Crippen LogP contribution in [-0.2, 0) is 6.18 Å². The lowest BCUT2D eigenvalue weighted by atomic mass is 9.98. The van der Waals surface area contributed by atoms with Gasteiger partial charge in [0.15, 0.2) is 0 Å². The van der Waals surface area contributed by atoms with Crippen LogP contribution in [-0.4, -0.2) is 40.5 Å². The lowest BCUT2D eigenvalue weighted by molar-refractivity contribution is -0.139. The molecule has 0 bridgehead atoms. The first kappa shape index (κ1) is 18.2. The first-order chi connectivity index (χ1) is 12.4. The molecule has 5 nitrogen and oxygen atoms in total. The van der Waals surface area contributed by atoms with Gasteiger partial charge in [-0.3, -0.25) is 9.78 Å². The SMILES string of the molecule is O=C(c1cccnc1)N1CCCC(COc2ncccc2C(F)(F)F)C1. The second kappa shape index (κ2) is 7.72. The molecule has 1 fully saturated rings. The Hall–Kier alpha value is -2.64. The zero-order chi connectivity index (χ0) is 18.6. The number of alkyl halides is 3. The van der Waals surface area contributed by atoms with Crippen LogP contribution in [0.25, 0.3) is 0 Å². The van der Waals surface area contributed by atoms with E-state index in [-0.39, 0.29) is 18.4 Å². The first-order valence-electron chi connectivity index (χ1n) is 8.29. The summed E-state index contributed by atoms with van der Waals surface area (Å²) in [6.45, 7) is 1.13. The molecule has 0 N–H and O–H groups in total. The molecule has 3 rings (SSSR count). The lowest BCUT2D eigenvalue weighted by Crippen LogP contribution is -2.41. The first-order valence-corrected chi connectivity index (χ1v) is 8.29. The van der Waals surface area contributed by atoms with Crippen molar-refractivity contribution in [3.8, 4) is 5.88 Å². The number of likely N-dealkylation sites (tertiary alicyclic amines) is 1. The van der Waals surface area contributed by atoms with Gasteiger partial charge in [0, 0.05) is 37.6 Å². The average molecular weight is 365 g/mol. The molecule has 0 spiro atoms. The summed E-state index contributed by atoms with van der Waals surface area (Å²) in [5.41, 5.74) is -0.391. The summed E-state index contributed by atoms with van der Waals surface area (Å²) in [5, 5.41) is 0. The van der Waals surface area contributed by atoms with Crippen molar-refractivity contribution in [2.45, 2.75) is 19.0 Å². The number of piperidine rings is 1. The Bertz CT molecular complexity index is 753. The number of aromatic nitrogens is 2. The summed E-state index contributed by atoms with van der Waals surface area (Å²) in [7, 11) is 0. The second-order valence-electron chi connectivity index (χ2n) is 6.17. The summed E-state index contributed by atoms with van der Waals surface area (Å²) in [6.07, 6.45) is 1.40. The third kappa shape index (κ3) is 4.30. The zero-order valence-corrected chi connectivity index (χ0v) is 13.9. The number of rotatable bonds is 4. The van der Waals surface area contributed by atoms with Gasteiger partial charge in [0.25, 0.3) is 5.91 Å². The predicted octanol–water partition coefficient (Wildman–Crippen LogP) is 3.43. The average Bonchev–Trinajstić information content (AvgIpc) is 2.66. The zero-order valence-electron chi connectivity index (χ0n) is 13.9. The van der Waals surface area contributed by atoms with Crippen molar-refractivity contribution in [3.05, 3.63) is 54.0 Å². The van der Waals surface area contributed by atoms with Gasteiger partial charge in [-0.15, -0.1) is 0 Å². The van der Waals surface area contributed by atoms with Gasteiger partial charge in [-0.1, -0.05) is 0 Å². The van der Waals surface area contributed by atoms with E-state index in [0.717, 1.165) is 18.9 Å². The number of nitrogens with zero attached hydrogens (tertiary/aromatic N) is 3. The highest BCUT2D eigenvalue weighted by molar-refractivity contribution is 5.93. The molecule has 138 valence electrons. The van der Waals surface area contributed by atoms with E-state index in [1.54, 1.807) is 23.2 Å². The molecule has 8 heteroatoms. The maximum Gasteiger partial charge on any atom is 0.421 e. The van der Waals surface area contributed by atoms with E-state index in [9.17, 15) is 18.0 Å². The van der Waals surface area contributed by atoms with E-state index in [1.807, 2.05) is 0 Å². The van der Waals surface area contributed by atoms with Gasteiger partial charge >= 0.3 is 6.18 Å². The monoisotopic (exact) mass is 365 g/mol. The van der Waals surface area contributed by atoms with Gasteiger partial charge < -0.3 is 9.64 Å². The molecule has 2 aromatic rings. The van der Waals surface area contributed by atoms with E-state index < -0.39 is 17.6 Å². The molecule has 1 aliphatic rings. The topological polar surface area (TPSA) is 55.3 Å². The molecule has 1 aliphatic heterocycles. The fourth-order valence-corrected chi connectivity index (χ4v) is 2.98. The van der Waals surface area contributed by atoms with Gasteiger partial charge in [0.2, 0.25) is 5.88 Å². The number of amides is 1. The maximum absolute atomic E-state index is 13.0. The van der Waals surface area contributed by atoms with Crippen LogP contribution in [0.3, 0.4) is 0 Å². The Labute approximate surface area is 148 Å². The van der Waals surface area contributed by atoms with Crippen molar-refractivity contribution >= 4 is 5.91 Å². The molecule has 3 heterocycles. The number of carbonyl (C=O) groups is 1. The van der Waals surface area contributed by atoms with E-state index in [0.29, 0.717) is 18.7 Å². The molecule has 26 heavy (non-hydrogen) atoms. The summed E-state index contributed by atoms with van der Waals surface area (Å²) in [6, 6.07) is 5.56. The molecular weight excluding hydrogens is 347 g/mol. The van der Waals surface area contributed by atoms with Gasteiger partial charge in [0.05, 0.1) is 12.2 Å². The van der Waals surface area contributed by atoms with Gasteiger partial charge in [0.1, 0.15) is 5.56 Å². The standard InChI is InChI=1S/C18H18F3N3O2/c19-18(20,21)15-6-2-8-23-16(15)26-12-13-4-3-9-24(11-13)17(25)14-5-1-7-22-10-14/h1-2,5-8,10,13H,3-4,9,11-12H2. The maximum atomic E-state index is 13.0. The molecule has 1 unspecified atom stereocenters. The van der Waals surface area contributed by atoms with Crippen LogP contribution in [0, 0.1) is 5.92 Å². The number of halogens is 3. The van der Waals surface area contributed by atoms with Crippen LogP contribution in [0.1, 0.15) is 28.8 Å². The number of hydrogen-bond acceptors (Lipinski definition) is 4. The Kier molecular flexibility index (Phi) is 5.39. The van der Waals surface area contributed by atoms with Crippen molar-refractivity contribution < 1.29 is 22.7 Å². The van der Waals surface area contributed by atoms with Crippen molar-refractivity contribution in [1.29, 1.82) is 0 Å². The fraction of sp³-hybridized carbons (Fsp3) is 0.389. The normalized spacial score (nSPS) is 17.8. The molecule has 0 aliphatic carbocycles. The van der Waals surface area contributed by atoms with E-state index in [1.165, 1.54) is 18.5 Å². The van der Waals surface area contributed by atoms with Crippen LogP contribution >= 0.6 is 0 Å². The van der Waals surface area contributed by atoms with Crippen LogP contribution in [0.4, 0.5) is 13.2 Å². The fourth-order valence-electron chi connectivity index (χ4n) is 2.98. The van der Waals surface area contributed by atoms with E-state index in [2.05, 4.69) is 9.97 Å². The van der Waals surface area contributed by atoms with Gasteiger partial charge in [-0.05, 0) is 37.1 Å². The van der Waals surface area contributed by atoms with Crippen molar-refractivity contribution in [1.82, 2.24) is 14.9 Å². The summed E-state index contributed by atoms with van der Waals surface area (Å²) >= 11 is 0. The quantitative estimate of drug-likeness (QED) is 0.833. The predicted molar refractivity (Wildman–Crippen MR) is 87.6 cm³/mol. The number of carbonyl (C=O) groups excluding carboxylic acids is 1. The van der Waals surface area contributed by atoms with E-state index in [4.69, 9.17) is 4.74 Å². The molecule has 1 atom stereocenters. The minimum absolute atomic E-state index is 0.0486. The molecule has 0 radical (unpaired) electrons. The molecule has 0 saturated carbocycles. The molecule has 1 amide bonds. The molecular formula is C18H18F3N3O2. The minimum Gasteiger partial charge on any atom is -0.477 e. The summed E-state index contributed by atoms with van der Waals surface area (Å²) in [5.74, 6) is -0.597. The van der Waals surface area contributed by atoms with Crippen molar-refractivity contribution in [3.63, 3.8) is 0 Å². The Balaban J connectivity index is 1.62. The van der Waals surface area contributed by atoms with Crippen LogP contribution in [0.2, 0.25) is 0 Å². The summed E-state index contributed by atoms with van der Waals surface area (Å²) in [4.78, 5) is 21.8. The van der Waals surface area contributed by atoms with E-state index >= 15 is 0 Å². The van der Waals surface area contributed by atoms with Crippen LogP contribution in [0.15, 0.2) is 42.9 Å². The van der Waals surface area contributed by atoms with Crippen molar-refractivity contribution in [2.24, 2.45) is 5.92 Å². The largest absolute Gasteiger partial charge is 0.477 e. The van der Waals surface area contributed by atoms with Gasteiger partial charge in [-0.2, -0.15) is 13.2 Å². The van der Waals surface area contributed by atoms with Crippen molar-refractivity contribution in [2.75, 3.05) is 19.7 Å². The summed E-state index contributed by atoms with van der Waals surface area (Å²) < 4.78 is 44.3. The Morgan fingerprint density at radius 2 is 2.08 bits per heavy atom. The highest BCUT2D eigenvalue weighted by Gasteiger charge is 2.35. The van der Waals surface area contributed by atoms with Crippen LogP contribution < -0.4 is 4.74 Å². The Morgan fingerprint density at radius 1 is 1.27 bits per heavy atom. The van der Waals surface area contributed by atoms with Crippen LogP contribution in [0.5, 0.6) is 5.88 Å². The highest BCUT2D eigenvalue weighted by Crippen LogP contribution is 2.35. The highest BCUT2D eigenvalue weighted by atomic mass is 19.4. The Morgan fingerprint density at radius 3 is 2.81 bits per heavy atom. The molecule has 1 saturated heterocycles. The minimum atomic E-state index is -4.52. The third-order valence-corrected chi connectivity index (χ3v) is 4.25. The number of pyridine rings is 2. The number of hydrogen-bond donors (Lipinski definition) is 0. The molecule has 2 aromatic heterocycles. The van der Waals surface area contributed by atoms with Gasteiger partial charge in [-0.25, -0.2) is 4.98 Å².